The van der Waals surface area contributed by atoms with Crippen molar-refractivity contribution in [2.24, 2.45) is 0 Å². The van der Waals surface area contributed by atoms with Crippen molar-refractivity contribution in [1.82, 2.24) is 4.90 Å². The van der Waals surface area contributed by atoms with Gasteiger partial charge in [0.15, 0.2) is 0 Å². The van der Waals surface area contributed by atoms with E-state index in [2.05, 4.69) is 11.0 Å². The van der Waals surface area contributed by atoms with Gasteiger partial charge < -0.3 is 14.4 Å². The number of amides is 1. The smallest absolute Gasteiger partial charge is 0.227 e. The Morgan fingerprint density at radius 1 is 1.43 bits per heavy atom. The Bertz CT molecular complexity index is 407. The van der Waals surface area contributed by atoms with Crippen LogP contribution in [0.25, 0.3) is 0 Å². The normalized spacial score (nSPS) is 32.7. The van der Waals surface area contributed by atoms with E-state index in [4.69, 9.17) is 9.47 Å². The lowest BCUT2D eigenvalue weighted by atomic mass is 9.96. The molecule has 3 rings (SSSR count). The zero-order valence-electron chi connectivity index (χ0n) is 13.1. The first-order valence-electron chi connectivity index (χ1n) is 8.50. The molecule has 0 bridgehead atoms. The van der Waals surface area contributed by atoms with Crippen LogP contribution >= 0.6 is 0 Å². The largest absolute Gasteiger partial charge is 0.376 e. The van der Waals surface area contributed by atoms with Crippen molar-refractivity contribution < 1.29 is 14.3 Å². The predicted molar refractivity (Wildman–Crippen MR) is 81.1 cm³/mol. The Morgan fingerprint density at radius 2 is 2.33 bits per heavy atom. The van der Waals surface area contributed by atoms with Gasteiger partial charge in [0.25, 0.3) is 0 Å². The monoisotopic (exact) mass is 293 g/mol. The second-order valence-corrected chi connectivity index (χ2v) is 6.35. The SMILES string of the molecule is CCO[C@@H]1CC[C@@H]2[C@H]1OCCN2C(=O)CC1=CCCCC1. The van der Waals surface area contributed by atoms with Crippen LogP contribution < -0.4 is 0 Å². The molecule has 21 heavy (non-hydrogen) atoms. The number of carbonyl (C=O) groups excluding carboxylic acids is 1. The fraction of sp³-hybridized carbons (Fsp3) is 0.824. The Labute approximate surface area is 127 Å². The lowest BCUT2D eigenvalue weighted by Gasteiger charge is -2.39. The summed E-state index contributed by atoms with van der Waals surface area (Å²) in [5, 5.41) is 0. The highest BCUT2D eigenvalue weighted by Crippen LogP contribution is 2.33. The molecule has 0 aromatic rings. The van der Waals surface area contributed by atoms with Crippen LogP contribution in [0.2, 0.25) is 0 Å². The van der Waals surface area contributed by atoms with E-state index < -0.39 is 0 Å². The molecule has 4 nitrogen and oxygen atoms in total. The van der Waals surface area contributed by atoms with Crippen molar-refractivity contribution in [2.75, 3.05) is 19.8 Å². The van der Waals surface area contributed by atoms with Crippen molar-refractivity contribution >= 4 is 5.91 Å². The minimum atomic E-state index is 0.0861. The third-order valence-corrected chi connectivity index (χ3v) is 5.00. The fourth-order valence-corrected chi connectivity index (χ4v) is 3.98. The molecular weight excluding hydrogens is 266 g/mol. The van der Waals surface area contributed by atoms with Crippen LogP contribution in [-0.2, 0) is 14.3 Å². The van der Waals surface area contributed by atoms with E-state index >= 15 is 0 Å². The van der Waals surface area contributed by atoms with Gasteiger partial charge in [-0.2, -0.15) is 0 Å². The predicted octanol–water partition coefficient (Wildman–Crippen LogP) is 2.67. The summed E-state index contributed by atoms with van der Waals surface area (Å²) in [6.07, 6.45) is 9.93. The van der Waals surface area contributed by atoms with E-state index in [1.165, 1.54) is 18.4 Å². The quantitative estimate of drug-likeness (QED) is 0.748. The third-order valence-electron chi connectivity index (χ3n) is 5.00. The van der Waals surface area contributed by atoms with E-state index in [9.17, 15) is 4.79 Å². The Balaban J connectivity index is 1.62. The number of rotatable bonds is 4. The van der Waals surface area contributed by atoms with Crippen LogP contribution in [0.1, 0.15) is 51.9 Å². The van der Waals surface area contributed by atoms with Crippen molar-refractivity contribution in [1.29, 1.82) is 0 Å². The summed E-state index contributed by atoms with van der Waals surface area (Å²) >= 11 is 0. The number of morpholine rings is 1. The first-order chi connectivity index (χ1) is 10.3. The van der Waals surface area contributed by atoms with Gasteiger partial charge in [0.1, 0.15) is 6.10 Å². The zero-order valence-corrected chi connectivity index (χ0v) is 13.1. The van der Waals surface area contributed by atoms with E-state index in [0.717, 1.165) is 38.8 Å². The first-order valence-corrected chi connectivity index (χ1v) is 8.50. The summed E-state index contributed by atoms with van der Waals surface area (Å²) in [7, 11) is 0. The Morgan fingerprint density at radius 3 is 3.10 bits per heavy atom. The van der Waals surface area contributed by atoms with Gasteiger partial charge in [-0.3, -0.25) is 4.79 Å². The summed E-state index contributed by atoms with van der Waals surface area (Å²) in [6.45, 7) is 4.13. The van der Waals surface area contributed by atoms with Gasteiger partial charge in [-0.25, -0.2) is 0 Å². The summed E-state index contributed by atoms with van der Waals surface area (Å²) < 4.78 is 11.7. The number of fused-ring (bicyclic) bond motifs is 1. The lowest BCUT2D eigenvalue weighted by Crippen LogP contribution is -2.53. The molecule has 1 saturated heterocycles. The number of ether oxygens (including phenoxy) is 2. The summed E-state index contributed by atoms with van der Waals surface area (Å²) in [5.74, 6) is 0.290. The highest BCUT2D eigenvalue weighted by molar-refractivity contribution is 5.79. The van der Waals surface area contributed by atoms with Gasteiger partial charge in [-0.05, 0) is 45.4 Å². The summed E-state index contributed by atoms with van der Waals surface area (Å²) in [5.41, 5.74) is 1.34. The van der Waals surface area contributed by atoms with E-state index in [-0.39, 0.29) is 18.2 Å². The Hall–Kier alpha value is -0.870. The standard InChI is InChI=1S/C17H27NO3/c1-2-20-15-9-8-14-17(15)21-11-10-18(14)16(19)12-13-6-4-3-5-7-13/h6,14-15,17H,2-5,7-12H2,1H3/t14-,15-,17-/m1/s1. The molecule has 1 heterocycles. The van der Waals surface area contributed by atoms with Gasteiger partial charge in [0, 0.05) is 19.6 Å². The molecule has 0 N–H and O–H groups in total. The molecule has 0 aromatic carbocycles. The molecule has 2 aliphatic carbocycles. The van der Waals surface area contributed by atoms with Crippen molar-refractivity contribution in [2.45, 2.75) is 70.1 Å². The Kier molecular flexibility index (Phi) is 4.96. The number of nitrogens with zero attached hydrogens (tertiary/aromatic N) is 1. The maximum atomic E-state index is 12.7. The number of hydrogen-bond acceptors (Lipinski definition) is 3. The van der Waals surface area contributed by atoms with Crippen LogP contribution in [0.3, 0.4) is 0 Å². The molecule has 0 unspecified atom stereocenters. The second-order valence-electron chi connectivity index (χ2n) is 6.35. The molecule has 4 heteroatoms. The number of carbonyl (C=O) groups is 1. The molecule has 2 fully saturated rings. The summed E-state index contributed by atoms with van der Waals surface area (Å²) in [4.78, 5) is 14.7. The minimum absolute atomic E-state index is 0.0861. The van der Waals surface area contributed by atoms with Crippen LogP contribution in [0.5, 0.6) is 0 Å². The molecule has 0 radical (unpaired) electrons. The molecule has 3 atom stereocenters. The van der Waals surface area contributed by atoms with Crippen molar-refractivity contribution in [3.05, 3.63) is 11.6 Å². The topological polar surface area (TPSA) is 38.8 Å². The van der Waals surface area contributed by atoms with Crippen molar-refractivity contribution in [3.8, 4) is 0 Å². The van der Waals surface area contributed by atoms with E-state index in [0.29, 0.717) is 18.9 Å². The molecule has 1 aliphatic heterocycles. The first kappa shape index (κ1) is 15.0. The van der Waals surface area contributed by atoms with Gasteiger partial charge in [0.2, 0.25) is 5.91 Å². The average molecular weight is 293 g/mol. The molecule has 118 valence electrons. The molecule has 3 aliphatic rings. The van der Waals surface area contributed by atoms with E-state index in [1.807, 2.05) is 6.92 Å². The van der Waals surface area contributed by atoms with Crippen LogP contribution in [0.15, 0.2) is 11.6 Å². The summed E-state index contributed by atoms with van der Waals surface area (Å²) in [6, 6.07) is 0.229. The van der Waals surface area contributed by atoms with Crippen LogP contribution in [-0.4, -0.2) is 48.8 Å². The molecular formula is C17H27NO3. The van der Waals surface area contributed by atoms with Crippen LogP contribution in [0, 0.1) is 0 Å². The van der Waals surface area contributed by atoms with E-state index in [1.54, 1.807) is 0 Å². The minimum Gasteiger partial charge on any atom is -0.376 e. The van der Waals surface area contributed by atoms with Gasteiger partial charge in [-0.15, -0.1) is 0 Å². The molecule has 0 aromatic heterocycles. The zero-order chi connectivity index (χ0) is 14.7. The third kappa shape index (κ3) is 3.32. The molecule has 0 spiro atoms. The maximum absolute atomic E-state index is 12.7. The van der Waals surface area contributed by atoms with Gasteiger partial charge in [0.05, 0.1) is 18.8 Å². The fourth-order valence-electron chi connectivity index (χ4n) is 3.98. The maximum Gasteiger partial charge on any atom is 0.227 e. The van der Waals surface area contributed by atoms with Crippen LogP contribution in [0.4, 0.5) is 0 Å². The highest BCUT2D eigenvalue weighted by atomic mass is 16.5. The highest BCUT2D eigenvalue weighted by Gasteiger charge is 2.44. The molecule has 1 amide bonds. The molecule has 1 saturated carbocycles. The average Bonchev–Trinajstić information content (AvgIpc) is 2.92. The second kappa shape index (κ2) is 6.93. The number of allylic oxidation sites excluding steroid dienone is 1. The van der Waals surface area contributed by atoms with Crippen molar-refractivity contribution in [3.63, 3.8) is 0 Å². The van der Waals surface area contributed by atoms with Gasteiger partial charge in [-0.1, -0.05) is 11.6 Å². The number of hydrogen-bond donors (Lipinski definition) is 0. The van der Waals surface area contributed by atoms with Gasteiger partial charge >= 0.3 is 0 Å². The lowest BCUT2D eigenvalue weighted by molar-refractivity contribution is -0.150.